The highest BCUT2D eigenvalue weighted by Crippen LogP contribution is 2.37. The Labute approximate surface area is 119 Å². The fourth-order valence-corrected chi connectivity index (χ4v) is 2.73. The number of aliphatic hydroxyl groups is 3. The summed E-state index contributed by atoms with van der Waals surface area (Å²) in [5.74, 6) is 0.514. The normalized spacial score (nSPS) is 36.5. The molecule has 1 aromatic heterocycles. The first-order valence-electron chi connectivity index (χ1n) is 6.21. The molecule has 0 radical (unpaired) electrons. The van der Waals surface area contributed by atoms with Gasteiger partial charge in [0.15, 0.2) is 6.23 Å². The molecular formula is C11H15ClN4O4. The van der Waals surface area contributed by atoms with Crippen LogP contribution in [0.5, 0.6) is 0 Å². The lowest BCUT2D eigenvalue weighted by Gasteiger charge is -2.18. The van der Waals surface area contributed by atoms with Crippen molar-refractivity contribution in [2.24, 2.45) is 4.99 Å². The first-order valence-corrected chi connectivity index (χ1v) is 6.65. The Balaban J connectivity index is 1.94. The molecule has 5 atom stereocenters. The second-order valence-corrected chi connectivity index (χ2v) is 5.23. The van der Waals surface area contributed by atoms with Crippen molar-refractivity contribution in [3.63, 3.8) is 0 Å². The molecule has 0 bridgehead atoms. The van der Waals surface area contributed by atoms with Crippen LogP contribution >= 0.6 is 11.6 Å². The summed E-state index contributed by atoms with van der Waals surface area (Å²) >= 11 is 6.15. The summed E-state index contributed by atoms with van der Waals surface area (Å²) in [4.78, 5) is 8.11. The van der Waals surface area contributed by atoms with E-state index in [-0.39, 0.29) is 13.2 Å². The molecule has 9 heteroatoms. The molecule has 1 fully saturated rings. The minimum Gasteiger partial charge on any atom is -0.394 e. The van der Waals surface area contributed by atoms with Gasteiger partial charge < -0.3 is 25.4 Å². The highest BCUT2D eigenvalue weighted by molar-refractivity contribution is 6.21. The van der Waals surface area contributed by atoms with Crippen LogP contribution in [-0.4, -0.2) is 61.9 Å². The van der Waals surface area contributed by atoms with E-state index in [0.717, 1.165) is 0 Å². The first kappa shape index (κ1) is 13.8. The Morgan fingerprint density at radius 3 is 3.00 bits per heavy atom. The average molecular weight is 303 g/mol. The van der Waals surface area contributed by atoms with Gasteiger partial charge in [-0.25, -0.2) is 4.98 Å². The van der Waals surface area contributed by atoms with Gasteiger partial charge in [0, 0.05) is 0 Å². The smallest absolute Gasteiger partial charge is 0.156 e. The molecule has 0 aliphatic carbocycles. The Morgan fingerprint density at radius 2 is 2.30 bits per heavy atom. The zero-order chi connectivity index (χ0) is 14.3. The lowest BCUT2D eigenvalue weighted by molar-refractivity contribution is -0.0436. The number of imidazole rings is 1. The molecule has 0 aromatic carbocycles. The van der Waals surface area contributed by atoms with Crippen LogP contribution < -0.4 is 5.32 Å². The molecule has 4 N–H and O–H groups in total. The van der Waals surface area contributed by atoms with Crippen molar-refractivity contribution in [1.29, 1.82) is 0 Å². The van der Waals surface area contributed by atoms with Crippen LogP contribution in [0.2, 0.25) is 0 Å². The van der Waals surface area contributed by atoms with Crippen LogP contribution in [0.15, 0.2) is 11.3 Å². The summed E-state index contributed by atoms with van der Waals surface area (Å²) < 4.78 is 7.14. The van der Waals surface area contributed by atoms with Gasteiger partial charge in [0.1, 0.15) is 35.2 Å². The quantitative estimate of drug-likeness (QED) is 0.534. The van der Waals surface area contributed by atoms with Gasteiger partial charge >= 0.3 is 0 Å². The molecule has 1 aromatic rings. The summed E-state index contributed by atoms with van der Waals surface area (Å²) in [6.45, 7) is -0.107. The van der Waals surface area contributed by atoms with E-state index in [2.05, 4.69) is 15.3 Å². The minimum absolute atomic E-state index is 0.217. The molecule has 2 aliphatic heterocycles. The lowest BCUT2D eigenvalue weighted by atomic mass is 10.2. The highest BCUT2D eigenvalue weighted by atomic mass is 35.5. The summed E-state index contributed by atoms with van der Waals surface area (Å²) in [6.07, 6.45) is -0.283. The SMILES string of the molecule is OC[C@H]1O[C@@H](n2cnc3c2NC=NCC3O)[C@@H](Cl)[C@@H]1O. The van der Waals surface area contributed by atoms with Crippen molar-refractivity contribution < 1.29 is 20.1 Å². The number of anilines is 1. The van der Waals surface area contributed by atoms with Crippen molar-refractivity contribution in [1.82, 2.24) is 9.55 Å². The fourth-order valence-electron chi connectivity index (χ4n) is 2.39. The largest absolute Gasteiger partial charge is 0.394 e. The summed E-state index contributed by atoms with van der Waals surface area (Å²) in [5, 5.41) is 31.1. The molecule has 1 unspecified atom stereocenters. The summed E-state index contributed by atoms with van der Waals surface area (Å²) in [6, 6.07) is 0. The van der Waals surface area contributed by atoms with E-state index < -0.39 is 29.9 Å². The molecule has 0 amide bonds. The van der Waals surface area contributed by atoms with Gasteiger partial charge in [-0.3, -0.25) is 9.56 Å². The van der Waals surface area contributed by atoms with Crippen molar-refractivity contribution in [2.75, 3.05) is 18.5 Å². The Hall–Kier alpha value is -1.19. The molecular weight excluding hydrogens is 288 g/mol. The second kappa shape index (κ2) is 5.30. The van der Waals surface area contributed by atoms with E-state index in [1.807, 2.05) is 0 Å². The number of hydrogen-bond donors (Lipinski definition) is 4. The van der Waals surface area contributed by atoms with Crippen LogP contribution in [0.1, 0.15) is 18.0 Å². The van der Waals surface area contributed by atoms with E-state index in [0.29, 0.717) is 11.5 Å². The molecule has 3 rings (SSSR count). The van der Waals surface area contributed by atoms with Crippen LogP contribution in [0.3, 0.4) is 0 Å². The third-order valence-electron chi connectivity index (χ3n) is 3.46. The standard InChI is InChI=1S/C11H15ClN4O4/c12-7-9(19)6(2-17)20-11(7)16-4-15-8-5(18)1-13-3-14-10(8)16/h3-7,9,11,17-19H,1-2H2,(H,13,14)/t5?,6-,7+,9-,11-/m1/s1. The Morgan fingerprint density at radius 1 is 1.50 bits per heavy atom. The molecule has 0 saturated carbocycles. The third-order valence-corrected chi connectivity index (χ3v) is 3.93. The van der Waals surface area contributed by atoms with Gasteiger partial charge in [-0.1, -0.05) is 0 Å². The molecule has 3 heterocycles. The number of ether oxygens (including phenoxy) is 1. The first-order chi connectivity index (χ1) is 9.63. The number of aliphatic imine (C=N–C) groups is 1. The number of alkyl halides is 1. The number of halogens is 1. The number of rotatable bonds is 2. The molecule has 2 aliphatic rings. The van der Waals surface area contributed by atoms with Crippen molar-refractivity contribution >= 4 is 23.8 Å². The predicted molar refractivity (Wildman–Crippen MR) is 70.8 cm³/mol. The van der Waals surface area contributed by atoms with E-state index in [1.54, 1.807) is 4.57 Å². The predicted octanol–water partition coefficient (Wildman–Crippen LogP) is -0.772. The zero-order valence-corrected chi connectivity index (χ0v) is 11.2. The van der Waals surface area contributed by atoms with E-state index >= 15 is 0 Å². The van der Waals surface area contributed by atoms with Gasteiger partial charge in [-0.15, -0.1) is 11.6 Å². The van der Waals surface area contributed by atoms with E-state index in [9.17, 15) is 10.2 Å². The fraction of sp³-hybridized carbons (Fsp3) is 0.636. The van der Waals surface area contributed by atoms with Crippen LogP contribution in [0, 0.1) is 0 Å². The summed E-state index contributed by atoms with van der Waals surface area (Å²) in [5.41, 5.74) is 0.442. The molecule has 0 spiro atoms. The molecule has 8 nitrogen and oxygen atoms in total. The van der Waals surface area contributed by atoms with Crippen molar-refractivity contribution in [2.45, 2.75) is 29.9 Å². The molecule has 20 heavy (non-hydrogen) atoms. The Bertz CT molecular complexity index is 523. The number of aromatic nitrogens is 2. The van der Waals surface area contributed by atoms with Gasteiger partial charge in [0.2, 0.25) is 0 Å². The number of fused-ring (bicyclic) bond motifs is 1. The number of aliphatic hydroxyl groups excluding tert-OH is 3. The van der Waals surface area contributed by atoms with Gasteiger partial charge in [-0.05, 0) is 0 Å². The number of hydrogen-bond acceptors (Lipinski definition) is 7. The second-order valence-electron chi connectivity index (χ2n) is 4.72. The number of nitrogens with one attached hydrogen (secondary N) is 1. The van der Waals surface area contributed by atoms with Gasteiger partial charge in [-0.2, -0.15) is 0 Å². The molecule has 110 valence electrons. The third kappa shape index (κ3) is 2.09. The van der Waals surface area contributed by atoms with Crippen molar-refractivity contribution in [3.8, 4) is 0 Å². The van der Waals surface area contributed by atoms with Gasteiger partial charge in [0.25, 0.3) is 0 Å². The Kier molecular flexibility index (Phi) is 3.65. The zero-order valence-electron chi connectivity index (χ0n) is 10.4. The monoisotopic (exact) mass is 302 g/mol. The average Bonchev–Trinajstić information content (AvgIpc) is 2.92. The van der Waals surface area contributed by atoms with Gasteiger partial charge in [0.05, 0.1) is 25.8 Å². The van der Waals surface area contributed by atoms with E-state index in [1.165, 1.54) is 12.7 Å². The van der Waals surface area contributed by atoms with Crippen molar-refractivity contribution in [3.05, 3.63) is 12.0 Å². The lowest BCUT2D eigenvalue weighted by Crippen LogP contribution is -2.30. The minimum atomic E-state index is -0.978. The van der Waals surface area contributed by atoms with Crippen LogP contribution in [0.25, 0.3) is 0 Å². The van der Waals surface area contributed by atoms with Crippen LogP contribution in [0.4, 0.5) is 5.82 Å². The van der Waals surface area contributed by atoms with Crippen LogP contribution in [-0.2, 0) is 4.74 Å². The maximum atomic E-state index is 9.92. The topological polar surface area (TPSA) is 112 Å². The highest BCUT2D eigenvalue weighted by Gasteiger charge is 2.44. The van der Waals surface area contributed by atoms with E-state index in [4.69, 9.17) is 21.4 Å². The number of nitrogens with zero attached hydrogens (tertiary/aromatic N) is 3. The maximum absolute atomic E-state index is 9.92. The maximum Gasteiger partial charge on any atom is 0.156 e. The molecule has 1 saturated heterocycles. The summed E-state index contributed by atoms with van der Waals surface area (Å²) in [7, 11) is 0.